The zero-order valence-corrected chi connectivity index (χ0v) is 13.8. The predicted molar refractivity (Wildman–Crippen MR) is 84.5 cm³/mol. The molecule has 0 saturated heterocycles. The molecule has 20 heavy (non-hydrogen) atoms. The smallest absolute Gasteiger partial charge is 0.222 e. The minimum atomic E-state index is 0.334. The minimum Gasteiger partial charge on any atom is -0.341 e. The van der Waals surface area contributed by atoms with E-state index in [1.807, 2.05) is 0 Å². The van der Waals surface area contributed by atoms with Gasteiger partial charge in [-0.05, 0) is 51.6 Å². The van der Waals surface area contributed by atoms with E-state index in [1.54, 1.807) is 0 Å². The second-order valence-corrected chi connectivity index (χ2v) is 7.02. The van der Waals surface area contributed by atoms with E-state index in [0.29, 0.717) is 30.2 Å². The summed E-state index contributed by atoms with van der Waals surface area (Å²) >= 11 is 0. The average Bonchev–Trinajstić information content (AvgIpc) is 2.36. The quantitative estimate of drug-likeness (QED) is 0.777. The van der Waals surface area contributed by atoms with Gasteiger partial charge in [0.05, 0.1) is 0 Å². The number of nitrogens with two attached hydrogens (primary N) is 1. The number of rotatable bonds is 7. The van der Waals surface area contributed by atoms with Gasteiger partial charge in [0.1, 0.15) is 0 Å². The Hall–Kier alpha value is -0.610. The van der Waals surface area contributed by atoms with Gasteiger partial charge in [-0.1, -0.05) is 13.8 Å². The highest BCUT2D eigenvalue weighted by molar-refractivity contribution is 5.76. The van der Waals surface area contributed by atoms with Crippen LogP contribution in [0.4, 0.5) is 0 Å². The highest BCUT2D eigenvalue weighted by atomic mass is 16.2. The molecule has 1 aliphatic carbocycles. The van der Waals surface area contributed by atoms with Crippen LogP contribution in [0.2, 0.25) is 0 Å². The molecular formula is C16H33N3O. The highest BCUT2D eigenvalue weighted by Crippen LogP contribution is 2.26. The molecule has 0 unspecified atom stereocenters. The fourth-order valence-electron chi connectivity index (χ4n) is 2.85. The number of carbonyl (C=O) groups is 1. The molecule has 1 amide bonds. The molecule has 1 saturated carbocycles. The Kier molecular flexibility index (Phi) is 7.52. The summed E-state index contributed by atoms with van der Waals surface area (Å²) in [7, 11) is 4.11. The Balaban J connectivity index is 2.45. The molecule has 0 heterocycles. The van der Waals surface area contributed by atoms with Gasteiger partial charge in [0, 0.05) is 32.1 Å². The van der Waals surface area contributed by atoms with Gasteiger partial charge in [0.2, 0.25) is 5.91 Å². The fourth-order valence-corrected chi connectivity index (χ4v) is 2.85. The molecule has 1 aliphatic rings. The lowest BCUT2D eigenvalue weighted by atomic mass is 9.84. The molecule has 2 N–H and O–H groups in total. The Bertz CT molecular complexity index is 283. The first kappa shape index (κ1) is 17.4. The molecule has 4 heteroatoms. The van der Waals surface area contributed by atoms with E-state index in [2.05, 4.69) is 37.7 Å². The Morgan fingerprint density at radius 3 is 2.25 bits per heavy atom. The van der Waals surface area contributed by atoms with Gasteiger partial charge in [-0.3, -0.25) is 4.79 Å². The van der Waals surface area contributed by atoms with Gasteiger partial charge in [-0.25, -0.2) is 0 Å². The molecule has 0 bridgehead atoms. The maximum Gasteiger partial charge on any atom is 0.222 e. The third kappa shape index (κ3) is 6.71. The third-order valence-corrected chi connectivity index (χ3v) is 4.11. The Morgan fingerprint density at radius 1 is 1.15 bits per heavy atom. The van der Waals surface area contributed by atoms with Crippen LogP contribution in [0.3, 0.4) is 0 Å². The van der Waals surface area contributed by atoms with Gasteiger partial charge in [-0.2, -0.15) is 0 Å². The molecule has 118 valence electrons. The maximum absolute atomic E-state index is 12.5. The van der Waals surface area contributed by atoms with Gasteiger partial charge < -0.3 is 15.5 Å². The molecule has 0 aromatic heterocycles. The van der Waals surface area contributed by atoms with E-state index in [-0.39, 0.29) is 0 Å². The zero-order chi connectivity index (χ0) is 15.1. The lowest BCUT2D eigenvalue weighted by molar-refractivity contribution is -0.133. The summed E-state index contributed by atoms with van der Waals surface area (Å²) in [5.41, 5.74) is 5.93. The summed E-state index contributed by atoms with van der Waals surface area (Å²) in [6.07, 6.45) is 5.12. The van der Waals surface area contributed by atoms with Gasteiger partial charge in [-0.15, -0.1) is 0 Å². The van der Waals surface area contributed by atoms with Crippen molar-refractivity contribution in [1.29, 1.82) is 0 Å². The monoisotopic (exact) mass is 283 g/mol. The second-order valence-electron chi connectivity index (χ2n) is 7.02. The van der Waals surface area contributed by atoms with Crippen molar-refractivity contribution in [3.8, 4) is 0 Å². The van der Waals surface area contributed by atoms with Crippen molar-refractivity contribution >= 4 is 5.91 Å². The van der Waals surface area contributed by atoms with Crippen LogP contribution in [0.5, 0.6) is 0 Å². The van der Waals surface area contributed by atoms with E-state index >= 15 is 0 Å². The molecule has 0 spiro atoms. The maximum atomic E-state index is 12.5. The molecular weight excluding hydrogens is 250 g/mol. The fraction of sp³-hybridized carbons (Fsp3) is 0.938. The largest absolute Gasteiger partial charge is 0.341 e. The number of nitrogens with zero attached hydrogens (tertiary/aromatic N) is 2. The molecule has 1 rings (SSSR count). The van der Waals surface area contributed by atoms with Crippen LogP contribution in [0.15, 0.2) is 0 Å². The zero-order valence-electron chi connectivity index (χ0n) is 13.8. The summed E-state index contributed by atoms with van der Waals surface area (Å²) in [6, 6.07) is 0.363. The molecule has 0 atom stereocenters. The van der Waals surface area contributed by atoms with Crippen molar-refractivity contribution < 1.29 is 4.79 Å². The highest BCUT2D eigenvalue weighted by Gasteiger charge is 2.23. The van der Waals surface area contributed by atoms with Crippen LogP contribution in [0.25, 0.3) is 0 Å². The average molecular weight is 283 g/mol. The Morgan fingerprint density at radius 2 is 1.75 bits per heavy atom. The summed E-state index contributed by atoms with van der Waals surface area (Å²) in [6.45, 7) is 7.01. The van der Waals surface area contributed by atoms with Crippen LogP contribution in [-0.4, -0.2) is 55.5 Å². The van der Waals surface area contributed by atoms with Crippen LogP contribution in [0, 0.1) is 11.8 Å². The number of carbonyl (C=O) groups excluding carboxylic acids is 1. The van der Waals surface area contributed by atoms with E-state index in [4.69, 9.17) is 5.73 Å². The number of hydrogen-bond acceptors (Lipinski definition) is 3. The minimum absolute atomic E-state index is 0.334. The first-order valence-corrected chi connectivity index (χ1v) is 8.06. The van der Waals surface area contributed by atoms with Crippen LogP contribution in [0.1, 0.15) is 46.0 Å². The summed E-state index contributed by atoms with van der Waals surface area (Å²) in [4.78, 5) is 16.7. The van der Waals surface area contributed by atoms with Gasteiger partial charge in [0.15, 0.2) is 0 Å². The van der Waals surface area contributed by atoms with E-state index in [1.165, 1.54) is 0 Å². The molecule has 0 radical (unpaired) electrons. The second kappa shape index (κ2) is 8.63. The molecule has 4 nitrogen and oxygen atoms in total. The molecule has 1 fully saturated rings. The number of amides is 1. The van der Waals surface area contributed by atoms with Crippen molar-refractivity contribution in [2.45, 2.75) is 52.0 Å². The van der Waals surface area contributed by atoms with Crippen molar-refractivity contribution in [2.75, 3.05) is 33.7 Å². The van der Waals surface area contributed by atoms with Gasteiger partial charge >= 0.3 is 0 Å². The summed E-state index contributed by atoms with van der Waals surface area (Å²) < 4.78 is 0. The first-order valence-electron chi connectivity index (χ1n) is 8.06. The SMILES string of the molecule is CC(C)CN(CCN(C)C)C(=O)CC1CCC(N)CC1. The van der Waals surface area contributed by atoms with Crippen molar-refractivity contribution in [3.05, 3.63) is 0 Å². The molecule has 0 aliphatic heterocycles. The normalized spacial score (nSPS) is 23.4. The van der Waals surface area contributed by atoms with Crippen molar-refractivity contribution in [3.63, 3.8) is 0 Å². The molecule has 0 aromatic rings. The number of hydrogen-bond donors (Lipinski definition) is 1. The third-order valence-electron chi connectivity index (χ3n) is 4.11. The van der Waals surface area contributed by atoms with E-state index in [0.717, 1.165) is 45.3 Å². The van der Waals surface area contributed by atoms with Crippen LogP contribution < -0.4 is 5.73 Å². The number of likely N-dealkylation sites (N-methyl/N-ethyl adjacent to an activating group) is 1. The van der Waals surface area contributed by atoms with Crippen LogP contribution in [-0.2, 0) is 4.79 Å². The van der Waals surface area contributed by atoms with Crippen molar-refractivity contribution in [1.82, 2.24) is 9.80 Å². The van der Waals surface area contributed by atoms with E-state index < -0.39 is 0 Å². The van der Waals surface area contributed by atoms with Crippen LogP contribution >= 0.6 is 0 Å². The Labute approximate surface area is 124 Å². The van der Waals surface area contributed by atoms with Crippen molar-refractivity contribution in [2.24, 2.45) is 17.6 Å². The lowest BCUT2D eigenvalue weighted by Crippen LogP contribution is -2.40. The molecule has 0 aromatic carbocycles. The standard InChI is InChI=1S/C16H33N3O/c1-13(2)12-19(10-9-18(3)4)16(20)11-14-5-7-15(17)8-6-14/h13-15H,5-12,17H2,1-4H3. The summed E-state index contributed by atoms with van der Waals surface area (Å²) in [5, 5.41) is 0. The van der Waals surface area contributed by atoms with Gasteiger partial charge in [0.25, 0.3) is 0 Å². The first-order chi connectivity index (χ1) is 9.38. The van der Waals surface area contributed by atoms with E-state index in [9.17, 15) is 4.79 Å². The topological polar surface area (TPSA) is 49.6 Å². The predicted octanol–water partition coefficient (Wildman–Crippen LogP) is 1.94. The summed E-state index contributed by atoms with van der Waals surface area (Å²) in [5.74, 6) is 1.42. The lowest BCUT2D eigenvalue weighted by Gasteiger charge is -2.30.